The maximum Gasteiger partial charge on any atom is 0.387 e. The largest absolute Gasteiger partial charge is 0.434 e. The van der Waals surface area contributed by atoms with Crippen molar-refractivity contribution in [1.82, 2.24) is 0 Å². The molecule has 0 amide bonds. The van der Waals surface area contributed by atoms with E-state index in [1.165, 1.54) is 0 Å². The first-order chi connectivity index (χ1) is 7.95. The number of aliphatic hydroxyl groups is 2. The Morgan fingerprint density at radius 2 is 1.94 bits per heavy atom. The van der Waals surface area contributed by atoms with Gasteiger partial charge in [-0.25, -0.2) is 4.39 Å². The van der Waals surface area contributed by atoms with Crippen molar-refractivity contribution in [2.75, 3.05) is 5.33 Å². The fourth-order valence-corrected chi connectivity index (χ4v) is 1.60. The first kappa shape index (κ1) is 14.3. The van der Waals surface area contributed by atoms with Crippen LogP contribution >= 0.6 is 15.9 Å². The molecule has 1 aromatic rings. The average molecular weight is 315 g/mol. The lowest BCUT2D eigenvalue weighted by molar-refractivity contribution is -0.0534. The van der Waals surface area contributed by atoms with Crippen LogP contribution in [0.1, 0.15) is 11.7 Å². The average Bonchev–Trinajstić information content (AvgIpc) is 2.26. The van der Waals surface area contributed by atoms with Crippen molar-refractivity contribution in [3.05, 3.63) is 29.6 Å². The predicted octanol–water partition coefficient (Wildman–Crippen LogP) is 2.22. The smallest absolute Gasteiger partial charge is 0.387 e. The summed E-state index contributed by atoms with van der Waals surface area (Å²) in [7, 11) is 0. The van der Waals surface area contributed by atoms with Gasteiger partial charge in [0.1, 0.15) is 17.7 Å². The van der Waals surface area contributed by atoms with Crippen LogP contribution in [0.25, 0.3) is 0 Å². The first-order valence-electron chi connectivity index (χ1n) is 4.62. The van der Waals surface area contributed by atoms with Crippen LogP contribution in [0.2, 0.25) is 0 Å². The Morgan fingerprint density at radius 1 is 1.29 bits per heavy atom. The summed E-state index contributed by atoms with van der Waals surface area (Å²) in [6.45, 7) is -3.14. The van der Waals surface area contributed by atoms with E-state index >= 15 is 0 Å². The number of rotatable bonds is 5. The molecule has 7 heteroatoms. The lowest BCUT2D eigenvalue weighted by Gasteiger charge is -2.19. The molecule has 0 radical (unpaired) electrons. The summed E-state index contributed by atoms with van der Waals surface area (Å²) in [5, 5.41) is 19.1. The van der Waals surface area contributed by atoms with Crippen molar-refractivity contribution in [3.63, 3.8) is 0 Å². The standard InChI is InChI=1S/C10H10BrF3O3/c11-4-7(15)9(16)6-2-1-5(12)3-8(6)17-10(13)14/h1-3,7,9-10,15-16H,4H2. The highest BCUT2D eigenvalue weighted by atomic mass is 79.9. The van der Waals surface area contributed by atoms with E-state index in [-0.39, 0.29) is 10.9 Å². The maximum atomic E-state index is 12.9. The molecule has 0 aliphatic carbocycles. The Kier molecular flexibility index (Phi) is 5.23. The van der Waals surface area contributed by atoms with Crippen LogP contribution in [-0.2, 0) is 0 Å². The molecule has 2 unspecified atom stereocenters. The molecule has 0 bridgehead atoms. The second-order valence-electron chi connectivity index (χ2n) is 3.23. The third-order valence-corrected chi connectivity index (χ3v) is 2.70. The molecule has 17 heavy (non-hydrogen) atoms. The summed E-state index contributed by atoms with van der Waals surface area (Å²) in [5.74, 6) is -1.27. The zero-order valence-electron chi connectivity index (χ0n) is 8.49. The predicted molar refractivity (Wildman–Crippen MR) is 57.8 cm³/mol. The number of hydrogen-bond donors (Lipinski definition) is 2. The van der Waals surface area contributed by atoms with Gasteiger partial charge in [-0.2, -0.15) is 8.78 Å². The number of benzene rings is 1. The summed E-state index contributed by atoms with van der Waals surface area (Å²) in [4.78, 5) is 0. The van der Waals surface area contributed by atoms with Crippen LogP contribution in [0.5, 0.6) is 5.75 Å². The summed E-state index contributed by atoms with van der Waals surface area (Å²) < 4.78 is 41.1. The highest BCUT2D eigenvalue weighted by Gasteiger charge is 2.22. The van der Waals surface area contributed by atoms with E-state index in [4.69, 9.17) is 0 Å². The van der Waals surface area contributed by atoms with Crippen molar-refractivity contribution >= 4 is 15.9 Å². The molecule has 1 aromatic carbocycles. The maximum absolute atomic E-state index is 12.9. The van der Waals surface area contributed by atoms with Gasteiger partial charge in [-0.15, -0.1) is 0 Å². The Morgan fingerprint density at radius 3 is 2.47 bits per heavy atom. The third kappa shape index (κ3) is 3.86. The lowest BCUT2D eigenvalue weighted by Crippen LogP contribution is -2.20. The molecular formula is C10H10BrF3O3. The molecule has 2 atom stereocenters. The van der Waals surface area contributed by atoms with Crippen molar-refractivity contribution in [2.24, 2.45) is 0 Å². The van der Waals surface area contributed by atoms with E-state index in [0.29, 0.717) is 0 Å². The number of alkyl halides is 3. The van der Waals surface area contributed by atoms with Gasteiger partial charge < -0.3 is 14.9 Å². The van der Waals surface area contributed by atoms with Gasteiger partial charge in [-0.05, 0) is 12.1 Å². The van der Waals surface area contributed by atoms with Crippen LogP contribution in [0, 0.1) is 5.82 Å². The highest BCUT2D eigenvalue weighted by molar-refractivity contribution is 9.09. The van der Waals surface area contributed by atoms with Gasteiger partial charge in [0.2, 0.25) is 0 Å². The SMILES string of the molecule is OC(CBr)C(O)c1ccc(F)cc1OC(F)F. The van der Waals surface area contributed by atoms with Gasteiger partial charge >= 0.3 is 6.61 Å². The number of halogens is 4. The quantitative estimate of drug-likeness (QED) is 0.819. The van der Waals surface area contributed by atoms with Gasteiger partial charge in [0.05, 0.1) is 6.10 Å². The molecule has 1 rings (SSSR count). The first-order valence-corrected chi connectivity index (χ1v) is 5.74. The minimum Gasteiger partial charge on any atom is -0.434 e. The van der Waals surface area contributed by atoms with Gasteiger partial charge in [0.25, 0.3) is 0 Å². The Bertz CT molecular complexity index is 376. The Balaban J connectivity index is 3.04. The van der Waals surface area contributed by atoms with Gasteiger partial charge in [0.15, 0.2) is 0 Å². The number of ether oxygens (including phenoxy) is 1. The van der Waals surface area contributed by atoms with Crippen LogP contribution in [-0.4, -0.2) is 28.3 Å². The van der Waals surface area contributed by atoms with Crippen molar-refractivity contribution < 1.29 is 28.1 Å². The van der Waals surface area contributed by atoms with E-state index in [2.05, 4.69) is 20.7 Å². The number of hydrogen-bond acceptors (Lipinski definition) is 3. The molecule has 3 nitrogen and oxygen atoms in total. The molecule has 0 saturated carbocycles. The normalized spacial score (nSPS) is 14.8. The minimum atomic E-state index is -3.14. The van der Waals surface area contributed by atoms with Gasteiger partial charge in [0, 0.05) is 17.0 Å². The van der Waals surface area contributed by atoms with E-state index in [1.54, 1.807) is 0 Å². The molecule has 0 heterocycles. The molecule has 0 aromatic heterocycles. The lowest BCUT2D eigenvalue weighted by atomic mass is 10.0. The molecular weight excluding hydrogens is 305 g/mol. The van der Waals surface area contributed by atoms with Crippen LogP contribution in [0.4, 0.5) is 13.2 Å². The summed E-state index contributed by atoms with van der Waals surface area (Å²) in [6, 6.07) is 2.80. The van der Waals surface area contributed by atoms with Crippen LogP contribution < -0.4 is 4.74 Å². The van der Waals surface area contributed by atoms with Crippen molar-refractivity contribution in [1.29, 1.82) is 0 Å². The van der Waals surface area contributed by atoms with E-state index in [1.807, 2.05) is 0 Å². The minimum absolute atomic E-state index is 0.0413. The van der Waals surface area contributed by atoms with E-state index < -0.39 is 30.4 Å². The molecule has 96 valence electrons. The summed E-state index contributed by atoms with van der Waals surface area (Å²) in [5.41, 5.74) is -0.0985. The number of aliphatic hydroxyl groups excluding tert-OH is 2. The fraction of sp³-hybridized carbons (Fsp3) is 0.400. The third-order valence-electron chi connectivity index (χ3n) is 2.03. The van der Waals surface area contributed by atoms with E-state index in [9.17, 15) is 23.4 Å². The second-order valence-corrected chi connectivity index (χ2v) is 3.87. The fourth-order valence-electron chi connectivity index (χ4n) is 1.24. The van der Waals surface area contributed by atoms with Crippen LogP contribution in [0.15, 0.2) is 18.2 Å². The molecule has 0 aliphatic rings. The monoisotopic (exact) mass is 314 g/mol. The van der Waals surface area contributed by atoms with Crippen LogP contribution in [0.3, 0.4) is 0 Å². The molecule has 0 aliphatic heterocycles. The van der Waals surface area contributed by atoms with Gasteiger partial charge in [-0.3, -0.25) is 0 Å². The zero-order chi connectivity index (χ0) is 13.0. The molecule has 2 N–H and O–H groups in total. The molecule has 0 fully saturated rings. The zero-order valence-corrected chi connectivity index (χ0v) is 10.1. The Hall–Kier alpha value is -0.790. The van der Waals surface area contributed by atoms with Crippen molar-refractivity contribution in [2.45, 2.75) is 18.8 Å². The summed E-state index contributed by atoms with van der Waals surface area (Å²) in [6.07, 6.45) is -2.65. The summed E-state index contributed by atoms with van der Waals surface area (Å²) >= 11 is 2.93. The van der Waals surface area contributed by atoms with Crippen molar-refractivity contribution in [3.8, 4) is 5.75 Å². The topological polar surface area (TPSA) is 49.7 Å². The highest BCUT2D eigenvalue weighted by Crippen LogP contribution is 2.30. The van der Waals surface area contributed by atoms with E-state index in [0.717, 1.165) is 18.2 Å². The molecule has 0 saturated heterocycles. The molecule has 0 spiro atoms. The van der Waals surface area contributed by atoms with Gasteiger partial charge in [-0.1, -0.05) is 15.9 Å². The Labute approximate surface area is 104 Å². The second kappa shape index (κ2) is 6.23.